The van der Waals surface area contributed by atoms with E-state index in [9.17, 15) is 4.79 Å². The first-order chi connectivity index (χ1) is 9.11. The molecule has 1 aliphatic heterocycles. The van der Waals surface area contributed by atoms with Crippen LogP contribution in [0.3, 0.4) is 0 Å². The summed E-state index contributed by atoms with van der Waals surface area (Å²) in [5, 5.41) is 0. The Balaban J connectivity index is 2.03. The van der Waals surface area contributed by atoms with Crippen LogP contribution in [0.5, 0.6) is 0 Å². The molecule has 1 amide bonds. The van der Waals surface area contributed by atoms with E-state index in [0.29, 0.717) is 12.2 Å². The molecule has 0 saturated carbocycles. The lowest BCUT2D eigenvalue weighted by Crippen LogP contribution is -2.48. The molecule has 2 rings (SSSR count). The van der Waals surface area contributed by atoms with Crippen molar-refractivity contribution in [2.24, 2.45) is 0 Å². The number of terminal acetylenes is 1. The standard InChI is InChI=1S/C15H19N3O/c1-3-6-17-7-9-18(10-8-17)15(19)14-5-4-13(16)11-12(14)2/h1,4-5,11H,6-10,16H2,2H3. The van der Waals surface area contributed by atoms with Gasteiger partial charge in [0.05, 0.1) is 6.54 Å². The number of nitrogen functional groups attached to an aromatic ring is 1. The molecule has 0 aromatic heterocycles. The van der Waals surface area contributed by atoms with Crippen LogP contribution in [0, 0.1) is 19.3 Å². The highest BCUT2D eigenvalue weighted by Crippen LogP contribution is 2.15. The van der Waals surface area contributed by atoms with Gasteiger partial charge in [0.25, 0.3) is 5.91 Å². The molecule has 1 saturated heterocycles. The topological polar surface area (TPSA) is 49.6 Å². The third-order valence-corrected chi connectivity index (χ3v) is 3.46. The maximum atomic E-state index is 12.4. The molecule has 0 radical (unpaired) electrons. The monoisotopic (exact) mass is 257 g/mol. The van der Waals surface area contributed by atoms with Crippen molar-refractivity contribution in [1.82, 2.24) is 9.80 Å². The second-order valence-corrected chi connectivity index (χ2v) is 4.85. The molecule has 2 N–H and O–H groups in total. The second kappa shape index (κ2) is 5.77. The minimum Gasteiger partial charge on any atom is -0.399 e. The highest BCUT2D eigenvalue weighted by molar-refractivity contribution is 5.96. The Morgan fingerprint density at radius 1 is 1.37 bits per heavy atom. The third-order valence-electron chi connectivity index (χ3n) is 3.46. The lowest BCUT2D eigenvalue weighted by Gasteiger charge is -2.34. The van der Waals surface area contributed by atoms with Crippen molar-refractivity contribution in [3.63, 3.8) is 0 Å². The molecule has 1 fully saturated rings. The zero-order valence-corrected chi connectivity index (χ0v) is 11.2. The number of hydrogen-bond acceptors (Lipinski definition) is 3. The number of nitrogens with two attached hydrogens (primary N) is 1. The van der Waals surface area contributed by atoms with Gasteiger partial charge in [0.2, 0.25) is 0 Å². The zero-order valence-electron chi connectivity index (χ0n) is 11.2. The van der Waals surface area contributed by atoms with Crippen molar-refractivity contribution in [2.75, 3.05) is 38.5 Å². The number of piperazine rings is 1. The van der Waals surface area contributed by atoms with Gasteiger partial charge in [0.1, 0.15) is 0 Å². The summed E-state index contributed by atoms with van der Waals surface area (Å²) in [4.78, 5) is 16.5. The van der Waals surface area contributed by atoms with Gasteiger partial charge >= 0.3 is 0 Å². The Kier molecular flexibility index (Phi) is 4.08. The number of hydrogen-bond donors (Lipinski definition) is 1. The fourth-order valence-electron chi connectivity index (χ4n) is 2.34. The van der Waals surface area contributed by atoms with Crippen molar-refractivity contribution < 1.29 is 4.79 Å². The smallest absolute Gasteiger partial charge is 0.254 e. The third kappa shape index (κ3) is 3.07. The van der Waals surface area contributed by atoms with Crippen LogP contribution in [0.15, 0.2) is 18.2 Å². The first kappa shape index (κ1) is 13.4. The molecule has 19 heavy (non-hydrogen) atoms. The lowest BCUT2D eigenvalue weighted by atomic mass is 10.1. The number of carbonyl (C=O) groups excluding carboxylic acids is 1. The zero-order chi connectivity index (χ0) is 13.8. The first-order valence-corrected chi connectivity index (χ1v) is 6.43. The van der Waals surface area contributed by atoms with Crippen LogP contribution in [0.25, 0.3) is 0 Å². The summed E-state index contributed by atoms with van der Waals surface area (Å²) in [6, 6.07) is 5.41. The van der Waals surface area contributed by atoms with Gasteiger partial charge in [-0.2, -0.15) is 0 Å². The van der Waals surface area contributed by atoms with Gasteiger partial charge in [-0.25, -0.2) is 0 Å². The molecule has 100 valence electrons. The molecule has 0 unspecified atom stereocenters. The maximum absolute atomic E-state index is 12.4. The number of benzene rings is 1. The van der Waals surface area contributed by atoms with Gasteiger partial charge in [-0.15, -0.1) is 6.42 Å². The van der Waals surface area contributed by atoms with Gasteiger partial charge in [0, 0.05) is 37.4 Å². The first-order valence-electron chi connectivity index (χ1n) is 6.43. The van der Waals surface area contributed by atoms with E-state index < -0.39 is 0 Å². The number of carbonyl (C=O) groups is 1. The van der Waals surface area contributed by atoms with Crippen LogP contribution in [0.4, 0.5) is 5.69 Å². The van der Waals surface area contributed by atoms with Gasteiger partial charge < -0.3 is 10.6 Å². The predicted molar refractivity (Wildman–Crippen MR) is 76.8 cm³/mol. The Labute approximate surface area is 114 Å². The second-order valence-electron chi connectivity index (χ2n) is 4.85. The Hall–Kier alpha value is -1.99. The molecule has 1 aromatic carbocycles. The summed E-state index contributed by atoms with van der Waals surface area (Å²) < 4.78 is 0. The van der Waals surface area contributed by atoms with Crippen LogP contribution in [0.2, 0.25) is 0 Å². The van der Waals surface area contributed by atoms with E-state index in [1.54, 1.807) is 12.1 Å². The van der Waals surface area contributed by atoms with Crippen molar-refractivity contribution in [3.05, 3.63) is 29.3 Å². The van der Waals surface area contributed by atoms with E-state index in [4.69, 9.17) is 12.2 Å². The Bertz CT molecular complexity index is 511. The summed E-state index contributed by atoms with van der Waals surface area (Å²) >= 11 is 0. The lowest BCUT2D eigenvalue weighted by molar-refractivity contribution is 0.0651. The summed E-state index contributed by atoms with van der Waals surface area (Å²) in [5.41, 5.74) is 8.06. The number of rotatable bonds is 2. The molecule has 1 aliphatic rings. The van der Waals surface area contributed by atoms with Crippen molar-refractivity contribution >= 4 is 11.6 Å². The SMILES string of the molecule is C#CCN1CCN(C(=O)c2ccc(N)cc2C)CC1. The molecule has 0 bridgehead atoms. The highest BCUT2D eigenvalue weighted by Gasteiger charge is 2.22. The normalized spacial score (nSPS) is 16.1. The van der Waals surface area contributed by atoms with Crippen LogP contribution < -0.4 is 5.73 Å². The van der Waals surface area contributed by atoms with Gasteiger partial charge in [-0.1, -0.05) is 5.92 Å². The molecule has 4 nitrogen and oxygen atoms in total. The average molecular weight is 257 g/mol. The maximum Gasteiger partial charge on any atom is 0.254 e. The van der Waals surface area contributed by atoms with Crippen LogP contribution in [-0.2, 0) is 0 Å². The van der Waals surface area contributed by atoms with E-state index in [1.165, 1.54) is 0 Å². The molecule has 1 heterocycles. The van der Waals surface area contributed by atoms with Crippen molar-refractivity contribution in [1.29, 1.82) is 0 Å². The number of amides is 1. The summed E-state index contributed by atoms with van der Waals surface area (Å²) in [6.45, 7) is 5.70. The van der Waals surface area contributed by atoms with E-state index in [0.717, 1.165) is 37.3 Å². The molecule has 0 atom stereocenters. The quantitative estimate of drug-likeness (QED) is 0.634. The summed E-state index contributed by atoms with van der Waals surface area (Å²) in [7, 11) is 0. The number of nitrogens with zero attached hydrogens (tertiary/aromatic N) is 2. The number of anilines is 1. The summed E-state index contributed by atoms with van der Waals surface area (Å²) in [6.07, 6.45) is 5.29. The molecular formula is C15H19N3O. The largest absolute Gasteiger partial charge is 0.399 e. The van der Waals surface area contributed by atoms with Crippen molar-refractivity contribution in [3.8, 4) is 12.3 Å². The van der Waals surface area contributed by atoms with E-state index in [1.807, 2.05) is 17.9 Å². The summed E-state index contributed by atoms with van der Waals surface area (Å²) in [5.74, 6) is 2.72. The van der Waals surface area contributed by atoms with Gasteiger partial charge in [-0.05, 0) is 30.7 Å². The number of aryl methyl sites for hydroxylation is 1. The Morgan fingerprint density at radius 2 is 2.05 bits per heavy atom. The Morgan fingerprint density at radius 3 is 2.63 bits per heavy atom. The molecular weight excluding hydrogens is 238 g/mol. The molecule has 0 spiro atoms. The predicted octanol–water partition coefficient (Wildman–Crippen LogP) is 0.968. The molecule has 0 aliphatic carbocycles. The highest BCUT2D eigenvalue weighted by atomic mass is 16.2. The van der Waals surface area contributed by atoms with Crippen LogP contribution >= 0.6 is 0 Å². The van der Waals surface area contributed by atoms with Crippen LogP contribution in [-0.4, -0.2) is 48.4 Å². The van der Waals surface area contributed by atoms with Gasteiger partial charge in [-0.3, -0.25) is 9.69 Å². The van der Waals surface area contributed by atoms with E-state index >= 15 is 0 Å². The minimum atomic E-state index is 0.0813. The van der Waals surface area contributed by atoms with Gasteiger partial charge in [0.15, 0.2) is 0 Å². The van der Waals surface area contributed by atoms with Crippen LogP contribution in [0.1, 0.15) is 15.9 Å². The van der Waals surface area contributed by atoms with Crippen molar-refractivity contribution in [2.45, 2.75) is 6.92 Å². The minimum absolute atomic E-state index is 0.0813. The average Bonchev–Trinajstić information content (AvgIpc) is 2.39. The molecule has 1 aromatic rings. The fourth-order valence-corrected chi connectivity index (χ4v) is 2.34. The molecule has 4 heteroatoms. The fraction of sp³-hybridized carbons (Fsp3) is 0.400. The van der Waals surface area contributed by atoms with E-state index in [-0.39, 0.29) is 5.91 Å². The van der Waals surface area contributed by atoms with E-state index in [2.05, 4.69) is 10.8 Å².